The van der Waals surface area contributed by atoms with E-state index >= 15 is 0 Å². The van der Waals surface area contributed by atoms with E-state index in [2.05, 4.69) is 31.6 Å². The third-order valence-electron chi connectivity index (χ3n) is 3.90. The SMILES string of the molecule is CCNC(=NCc1ccc(Br)c(F)c1)NC1CCN(C(N)=O)CC1. The van der Waals surface area contributed by atoms with Crippen molar-refractivity contribution in [3.05, 3.63) is 34.1 Å². The van der Waals surface area contributed by atoms with Crippen molar-refractivity contribution in [2.75, 3.05) is 19.6 Å². The molecule has 24 heavy (non-hydrogen) atoms. The fourth-order valence-corrected chi connectivity index (χ4v) is 2.81. The number of nitrogens with zero attached hydrogens (tertiary/aromatic N) is 2. The first kappa shape index (κ1) is 18.5. The lowest BCUT2D eigenvalue weighted by molar-refractivity contribution is 0.188. The number of amides is 2. The fourth-order valence-electron chi connectivity index (χ4n) is 2.57. The first-order valence-corrected chi connectivity index (χ1v) is 8.82. The molecule has 1 fully saturated rings. The summed E-state index contributed by atoms with van der Waals surface area (Å²) in [4.78, 5) is 17.3. The van der Waals surface area contributed by atoms with Gasteiger partial charge in [0.25, 0.3) is 0 Å². The predicted molar refractivity (Wildman–Crippen MR) is 96.2 cm³/mol. The van der Waals surface area contributed by atoms with E-state index in [9.17, 15) is 9.18 Å². The van der Waals surface area contributed by atoms with Gasteiger partial charge in [0.15, 0.2) is 5.96 Å². The molecule has 4 N–H and O–H groups in total. The summed E-state index contributed by atoms with van der Waals surface area (Å²) in [6, 6.07) is 4.86. The molecule has 0 saturated carbocycles. The Morgan fingerprint density at radius 2 is 2.17 bits per heavy atom. The molecule has 8 heteroatoms. The molecule has 1 aromatic carbocycles. The normalized spacial score (nSPS) is 16.1. The Bertz CT molecular complexity index is 602. The summed E-state index contributed by atoms with van der Waals surface area (Å²) in [7, 11) is 0. The smallest absolute Gasteiger partial charge is 0.314 e. The lowest BCUT2D eigenvalue weighted by Crippen LogP contribution is -2.50. The molecule has 1 heterocycles. The molecule has 0 spiro atoms. The molecule has 0 aromatic heterocycles. The Labute approximate surface area is 149 Å². The number of piperidine rings is 1. The standard InChI is InChI=1S/C16H23BrFN5O/c1-2-20-16(21-10-11-3-4-13(17)14(18)9-11)22-12-5-7-23(8-6-12)15(19)24/h3-4,9,12H,2,5-8,10H2,1H3,(H2,19,24)(H2,20,21,22). The summed E-state index contributed by atoms with van der Waals surface area (Å²) in [5.74, 6) is 0.401. The number of hydrogen-bond donors (Lipinski definition) is 3. The molecular weight excluding hydrogens is 377 g/mol. The largest absolute Gasteiger partial charge is 0.357 e. The summed E-state index contributed by atoms with van der Waals surface area (Å²) in [5, 5.41) is 6.56. The van der Waals surface area contributed by atoms with Gasteiger partial charge in [0.05, 0.1) is 11.0 Å². The van der Waals surface area contributed by atoms with Crippen LogP contribution in [0.5, 0.6) is 0 Å². The second kappa shape index (κ2) is 8.86. The van der Waals surface area contributed by atoms with Crippen LogP contribution in [0.1, 0.15) is 25.3 Å². The molecule has 1 aliphatic rings. The Morgan fingerprint density at radius 3 is 2.75 bits per heavy atom. The molecule has 0 atom stereocenters. The quantitative estimate of drug-likeness (QED) is 0.535. The van der Waals surface area contributed by atoms with Gasteiger partial charge in [0.1, 0.15) is 5.82 Å². The van der Waals surface area contributed by atoms with E-state index in [1.54, 1.807) is 11.0 Å². The van der Waals surface area contributed by atoms with Gasteiger partial charge < -0.3 is 21.3 Å². The molecular formula is C16H23BrFN5O. The monoisotopic (exact) mass is 399 g/mol. The van der Waals surface area contributed by atoms with Crippen LogP contribution in [0.15, 0.2) is 27.7 Å². The van der Waals surface area contributed by atoms with Crippen LogP contribution in [-0.4, -0.2) is 42.6 Å². The van der Waals surface area contributed by atoms with E-state index < -0.39 is 0 Å². The molecule has 0 radical (unpaired) electrons. The van der Waals surface area contributed by atoms with Gasteiger partial charge in [-0.05, 0) is 53.4 Å². The number of halogens is 2. The van der Waals surface area contributed by atoms with E-state index in [-0.39, 0.29) is 17.9 Å². The minimum absolute atomic E-state index is 0.236. The molecule has 1 saturated heterocycles. The Hall–Kier alpha value is -1.83. The number of nitrogens with two attached hydrogens (primary N) is 1. The summed E-state index contributed by atoms with van der Waals surface area (Å²) >= 11 is 3.14. The van der Waals surface area contributed by atoms with Gasteiger partial charge in [0, 0.05) is 25.7 Å². The number of carbonyl (C=O) groups excluding carboxylic acids is 1. The minimum atomic E-state index is -0.369. The third-order valence-corrected chi connectivity index (χ3v) is 4.54. The van der Waals surface area contributed by atoms with Crippen molar-refractivity contribution < 1.29 is 9.18 Å². The van der Waals surface area contributed by atoms with E-state index in [1.807, 2.05) is 13.0 Å². The lowest BCUT2D eigenvalue weighted by atomic mass is 10.1. The highest BCUT2D eigenvalue weighted by Gasteiger charge is 2.21. The van der Waals surface area contributed by atoms with E-state index in [1.165, 1.54) is 6.07 Å². The Morgan fingerprint density at radius 1 is 1.46 bits per heavy atom. The fraction of sp³-hybridized carbons (Fsp3) is 0.500. The molecule has 0 aliphatic carbocycles. The number of nitrogens with one attached hydrogen (secondary N) is 2. The van der Waals surface area contributed by atoms with Crippen molar-refractivity contribution in [1.82, 2.24) is 15.5 Å². The number of rotatable bonds is 4. The molecule has 2 rings (SSSR count). The third kappa shape index (κ3) is 5.36. The number of primary amides is 1. The number of guanidine groups is 1. The summed E-state index contributed by atoms with van der Waals surface area (Å²) in [6.07, 6.45) is 1.64. The van der Waals surface area contributed by atoms with Gasteiger partial charge in [-0.3, -0.25) is 0 Å². The molecule has 0 bridgehead atoms. The number of hydrogen-bond acceptors (Lipinski definition) is 2. The molecule has 1 aliphatic heterocycles. The number of urea groups is 1. The zero-order chi connectivity index (χ0) is 17.5. The predicted octanol–water partition coefficient (Wildman–Crippen LogP) is 2.19. The second-order valence-corrected chi connectivity index (χ2v) is 6.54. The van der Waals surface area contributed by atoms with Crippen LogP contribution in [-0.2, 0) is 6.54 Å². The van der Waals surface area contributed by atoms with Crippen LogP contribution in [0.25, 0.3) is 0 Å². The first-order valence-electron chi connectivity index (χ1n) is 8.02. The van der Waals surface area contributed by atoms with E-state index in [0.717, 1.165) is 24.9 Å². The van der Waals surface area contributed by atoms with Gasteiger partial charge in [-0.1, -0.05) is 6.07 Å². The first-order chi connectivity index (χ1) is 11.5. The van der Waals surface area contributed by atoms with E-state index in [4.69, 9.17) is 5.73 Å². The van der Waals surface area contributed by atoms with Crippen molar-refractivity contribution >= 4 is 27.9 Å². The average molecular weight is 400 g/mol. The molecule has 6 nitrogen and oxygen atoms in total. The van der Waals surface area contributed by atoms with E-state index in [0.29, 0.717) is 30.1 Å². The highest BCUT2D eigenvalue weighted by molar-refractivity contribution is 9.10. The summed E-state index contributed by atoms with van der Waals surface area (Å²) in [5.41, 5.74) is 6.10. The average Bonchev–Trinajstić information content (AvgIpc) is 2.56. The van der Waals surface area contributed by atoms with Crippen LogP contribution < -0.4 is 16.4 Å². The molecule has 1 aromatic rings. The van der Waals surface area contributed by atoms with Gasteiger partial charge in [0.2, 0.25) is 0 Å². The minimum Gasteiger partial charge on any atom is -0.357 e. The van der Waals surface area contributed by atoms with Crippen LogP contribution in [0, 0.1) is 5.82 Å². The van der Waals surface area contributed by atoms with Crippen molar-refractivity contribution in [3.8, 4) is 0 Å². The maximum Gasteiger partial charge on any atom is 0.314 e. The summed E-state index contributed by atoms with van der Waals surface area (Å²) in [6.45, 7) is 4.40. The second-order valence-electron chi connectivity index (χ2n) is 5.69. The number of likely N-dealkylation sites (tertiary alicyclic amines) is 1. The van der Waals surface area contributed by atoms with Crippen molar-refractivity contribution in [2.24, 2.45) is 10.7 Å². The zero-order valence-electron chi connectivity index (χ0n) is 13.7. The molecule has 0 unspecified atom stereocenters. The van der Waals surface area contributed by atoms with Crippen molar-refractivity contribution in [1.29, 1.82) is 0 Å². The molecule has 2 amide bonds. The number of carbonyl (C=O) groups is 1. The van der Waals surface area contributed by atoms with Crippen molar-refractivity contribution in [3.63, 3.8) is 0 Å². The maximum atomic E-state index is 13.6. The van der Waals surface area contributed by atoms with Crippen LogP contribution >= 0.6 is 15.9 Å². The molecule has 132 valence electrons. The van der Waals surface area contributed by atoms with Crippen LogP contribution in [0.4, 0.5) is 9.18 Å². The zero-order valence-corrected chi connectivity index (χ0v) is 15.3. The Balaban J connectivity index is 1.93. The van der Waals surface area contributed by atoms with Gasteiger partial charge in [-0.15, -0.1) is 0 Å². The van der Waals surface area contributed by atoms with Crippen molar-refractivity contribution in [2.45, 2.75) is 32.4 Å². The van der Waals surface area contributed by atoms with Gasteiger partial charge in [-0.2, -0.15) is 0 Å². The highest BCUT2D eigenvalue weighted by atomic mass is 79.9. The summed E-state index contributed by atoms with van der Waals surface area (Å²) < 4.78 is 14.0. The highest BCUT2D eigenvalue weighted by Crippen LogP contribution is 2.17. The maximum absolute atomic E-state index is 13.6. The number of aliphatic imine (C=N–C) groups is 1. The van der Waals surface area contributed by atoms with Crippen LogP contribution in [0.2, 0.25) is 0 Å². The Kier molecular flexibility index (Phi) is 6.84. The lowest BCUT2D eigenvalue weighted by Gasteiger charge is -2.32. The van der Waals surface area contributed by atoms with Crippen LogP contribution in [0.3, 0.4) is 0 Å². The van der Waals surface area contributed by atoms with Gasteiger partial charge >= 0.3 is 6.03 Å². The topological polar surface area (TPSA) is 82.8 Å². The number of benzene rings is 1. The van der Waals surface area contributed by atoms with Gasteiger partial charge in [-0.25, -0.2) is 14.2 Å².